The Morgan fingerprint density at radius 2 is 1.44 bits per heavy atom. The van der Waals surface area contributed by atoms with Crippen LogP contribution in [0.4, 0.5) is 0 Å². The van der Waals surface area contributed by atoms with E-state index in [9.17, 15) is 19.8 Å². The summed E-state index contributed by atoms with van der Waals surface area (Å²) in [6.45, 7) is 7.39. The Morgan fingerprint density at radius 3 is 1.62 bits per heavy atom. The van der Waals surface area contributed by atoms with Crippen molar-refractivity contribution in [3.05, 3.63) is 0 Å². The van der Waals surface area contributed by atoms with Crippen LogP contribution in [0.5, 0.6) is 0 Å². The minimum Gasteiger partial charge on any atom is -0.480 e. The molecule has 94 valence electrons. The number of carboxylic acids is 2. The monoisotopic (exact) mass is 230 g/mol. The van der Waals surface area contributed by atoms with Gasteiger partial charge in [-0.2, -0.15) is 0 Å². The van der Waals surface area contributed by atoms with Crippen molar-refractivity contribution in [1.82, 2.24) is 0 Å². The van der Waals surface area contributed by atoms with Crippen LogP contribution in [-0.4, -0.2) is 22.2 Å². The first-order valence-electron chi connectivity index (χ1n) is 5.79. The van der Waals surface area contributed by atoms with E-state index in [1.54, 1.807) is 0 Å². The van der Waals surface area contributed by atoms with Crippen molar-refractivity contribution in [2.24, 2.45) is 17.3 Å². The molecule has 0 aromatic carbocycles. The van der Waals surface area contributed by atoms with Crippen LogP contribution in [0.15, 0.2) is 0 Å². The van der Waals surface area contributed by atoms with Crippen LogP contribution in [0, 0.1) is 17.3 Å². The van der Waals surface area contributed by atoms with Gasteiger partial charge in [0.2, 0.25) is 0 Å². The van der Waals surface area contributed by atoms with Crippen molar-refractivity contribution in [3.63, 3.8) is 0 Å². The van der Waals surface area contributed by atoms with Gasteiger partial charge in [-0.1, -0.05) is 40.5 Å². The predicted molar refractivity (Wildman–Crippen MR) is 61.2 cm³/mol. The van der Waals surface area contributed by atoms with E-state index in [4.69, 9.17) is 0 Å². The lowest BCUT2D eigenvalue weighted by molar-refractivity contribution is -0.171. The summed E-state index contributed by atoms with van der Waals surface area (Å²) in [4.78, 5) is 22.8. The fourth-order valence-corrected chi connectivity index (χ4v) is 2.41. The molecule has 0 aliphatic carbocycles. The van der Waals surface area contributed by atoms with Gasteiger partial charge in [-0.25, -0.2) is 0 Å². The molecule has 0 saturated heterocycles. The lowest BCUT2D eigenvalue weighted by atomic mass is 9.68. The average Bonchev–Trinajstić information content (AvgIpc) is 2.16. The van der Waals surface area contributed by atoms with E-state index in [1.165, 1.54) is 0 Å². The lowest BCUT2D eigenvalue weighted by Gasteiger charge is -2.33. The molecule has 0 aliphatic heterocycles. The van der Waals surface area contributed by atoms with Crippen LogP contribution in [0.3, 0.4) is 0 Å². The van der Waals surface area contributed by atoms with Gasteiger partial charge in [-0.15, -0.1) is 0 Å². The Bertz CT molecular complexity index is 240. The highest BCUT2D eigenvalue weighted by atomic mass is 16.4. The van der Waals surface area contributed by atoms with Crippen LogP contribution < -0.4 is 0 Å². The zero-order valence-corrected chi connectivity index (χ0v) is 10.5. The highest BCUT2D eigenvalue weighted by molar-refractivity contribution is 5.98. The SMILES string of the molecule is CCC(CC)C(CC(C)C)(C(=O)O)C(=O)O. The summed E-state index contributed by atoms with van der Waals surface area (Å²) in [7, 11) is 0. The van der Waals surface area contributed by atoms with E-state index in [2.05, 4.69) is 0 Å². The van der Waals surface area contributed by atoms with Gasteiger partial charge in [0, 0.05) is 0 Å². The maximum absolute atomic E-state index is 11.4. The number of carboxylic acid groups (broad SMARTS) is 2. The summed E-state index contributed by atoms with van der Waals surface area (Å²) in [5, 5.41) is 18.6. The van der Waals surface area contributed by atoms with E-state index in [0.717, 1.165) is 0 Å². The molecule has 0 heterocycles. The molecule has 0 rings (SSSR count). The Morgan fingerprint density at radius 1 is 1.06 bits per heavy atom. The fourth-order valence-electron chi connectivity index (χ4n) is 2.41. The first kappa shape index (κ1) is 14.9. The van der Waals surface area contributed by atoms with Gasteiger partial charge in [0.05, 0.1) is 0 Å². The first-order chi connectivity index (χ1) is 7.32. The second kappa shape index (κ2) is 5.87. The van der Waals surface area contributed by atoms with Crippen molar-refractivity contribution in [1.29, 1.82) is 0 Å². The van der Waals surface area contributed by atoms with Crippen LogP contribution in [-0.2, 0) is 9.59 Å². The Hall–Kier alpha value is -1.06. The Kier molecular flexibility index (Phi) is 5.48. The average molecular weight is 230 g/mol. The van der Waals surface area contributed by atoms with Gasteiger partial charge in [-0.3, -0.25) is 9.59 Å². The third-order valence-corrected chi connectivity index (χ3v) is 3.18. The summed E-state index contributed by atoms with van der Waals surface area (Å²) in [5.74, 6) is -2.68. The van der Waals surface area contributed by atoms with Crippen LogP contribution >= 0.6 is 0 Å². The summed E-state index contributed by atoms with van der Waals surface area (Å²) in [6, 6.07) is 0. The van der Waals surface area contributed by atoms with Crippen LogP contribution in [0.25, 0.3) is 0 Å². The predicted octanol–water partition coefficient (Wildman–Crippen LogP) is 2.62. The Labute approximate surface area is 96.7 Å². The minimum atomic E-state index is -1.63. The van der Waals surface area contributed by atoms with E-state index in [0.29, 0.717) is 12.8 Å². The number of aliphatic carboxylic acids is 2. The molecule has 0 radical (unpaired) electrons. The highest BCUT2D eigenvalue weighted by Crippen LogP contribution is 2.39. The maximum Gasteiger partial charge on any atom is 0.321 e. The molecular formula is C12H22O4. The smallest absolute Gasteiger partial charge is 0.321 e. The van der Waals surface area contributed by atoms with E-state index in [1.807, 2.05) is 27.7 Å². The van der Waals surface area contributed by atoms with Crippen molar-refractivity contribution >= 4 is 11.9 Å². The molecular weight excluding hydrogens is 208 g/mol. The van der Waals surface area contributed by atoms with Gasteiger partial charge >= 0.3 is 11.9 Å². The largest absolute Gasteiger partial charge is 0.480 e. The molecule has 0 fully saturated rings. The normalized spacial score (nSPS) is 12.1. The Balaban J connectivity index is 5.41. The molecule has 0 amide bonds. The van der Waals surface area contributed by atoms with Crippen molar-refractivity contribution in [3.8, 4) is 0 Å². The summed E-state index contributed by atoms with van der Waals surface area (Å²) >= 11 is 0. The second-order valence-corrected chi connectivity index (χ2v) is 4.69. The third-order valence-electron chi connectivity index (χ3n) is 3.18. The topological polar surface area (TPSA) is 74.6 Å². The summed E-state index contributed by atoms with van der Waals surface area (Å²) in [6.07, 6.45) is 1.33. The van der Waals surface area contributed by atoms with Gasteiger partial charge in [0.1, 0.15) is 0 Å². The standard InChI is InChI=1S/C12H22O4/c1-5-9(6-2)12(10(13)14,11(15)16)7-8(3)4/h8-9H,5-7H2,1-4H3,(H,13,14)(H,15,16). The molecule has 0 unspecified atom stereocenters. The molecule has 0 aliphatic rings. The molecule has 4 heteroatoms. The minimum absolute atomic E-state index is 0.0489. The zero-order valence-electron chi connectivity index (χ0n) is 10.5. The van der Waals surface area contributed by atoms with Gasteiger partial charge in [0.25, 0.3) is 0 Å². The molecule has 0 spiro atoms. The number of hydrogen-bond acceptors (Lipinski definition) is 2. The van der Waals surface area contributed by atoms with Crippen molar-refractivity contribution < 1.29 is 19.8 Å². The van der Waals surface area contributed by atoms with Crippen molar-refractivity contribution in [2.75, 3.05) is 0 Å². The molecule has 0 atom stereocenters. The lowest BCUT2D eigenvalue weighted by Crippen LogP contribution is -2.46. The number of carbonyl (C=O) groups is 2. The van der Waals surface area contributed by atoms with Gasteiger partial charge in [-0.05, 0) is 18.3 Å². The second-order valence-electron chi connectivity index (χ2n) is 4.69. The quantitative estimate of drug-likeness (QED) is 0.659. The summed E-state index contributed by atoms with van der Waals surface area (Å²) < 4.78 is 0. The molecule has 0 bridgehead atoms. The third kappa shape index (κ3) is 2.74. The summed E-state index contributed by atoms with van der Waals surface area (Å²) in [5.41, 5.74) is -1.63. The van der Waals surface area contributed by atoms with E-state index < -0.39 is 17.4 Å². The van der Waals surface area contributed by atoms with Crippen LogP contribution in [0.1, 0.15) is 47.0 Å². The van der Waals surface area contributed by atoms with Gasteiger partial charge < -0.3 is 10.2 Å². The fraction of sp³-hybridized carbons (Fsp3) is 0.833. The molecule has 2 N–H and O–H groups in total. The molecule has 0 aromatic rings. The first-order valence-corrected chi connectivity index (χ1v) is 5.79. The molecule has 16 heavy (non-hydrogen) atoms. The molecule has 0 saturated carbocycles. The maximum atomic E-state index is 11.4. The van der Waals surface area contributed by atoms with E-state index in [-0.39, 0.29) is 18.3 Å². The highest BCUT2D eigenvalue weighted by Gasteiger charge is 2.51. The zero-order chi connectivity index (χ0) is 12.9. The van der Waals surface area contributed by atoms with E-state index >= 15 is 0 Å². The van der Waals surface area contributed by atoms with Crippen molar-refractivity contribution in [2.45, 2.75) is 47.0 Å². The molecule has 4 nitrogen and oxygen atoms in total. The number of rotatable bonds is 7. The van der Waals surface area contributed by atoms with Crippen LogP contribution in [0.2, 0.25) is 0 Å². The van der Waals surface area contributed by atoms with Gasteiger partial charge in [0.15, 0.2) is 5.41 Å². The molecule has 0 aromatic heterocycles. The number of hydrogen-bond donors (Lipinski definition) is 2.